The molecule has 7 nitrogen and oxygen atoms in total. The Morgan fingerprint density at radius 1 is 1.05 bits per heavy atom. The molecule has 0 aliphatic heterocycles. The molecule has 0 radical (unpaired) electrons. The van der Waals surface area contributed by atoms with Crippen molar-refractivity contribution in [1.82, 2.24) is 14.5 Å². The molecule has 1 amide bonds. The minimum Gasteiger partial charge on any atom is -0.369 e. The fourth-order valence-corrected chi connectivity index (χ4v) is 4.09. The van der Waals surface area contributed by atoms with Gasteiger partial charge in [0.25, 0.3) is 11.5 Å². The van der Waals surface area contributed by atoms with Crippen LogP contribution < -0.4 is 16.2 Å². The Labute approximate surface area is 217 Å². The van der Waals surface area contributed by atoms with E-state index in [-0.39, 0.29) is 11.1 Å². The summed E-state index contributed by atoms with van der Waals surface area (Å²) in [5.74, 6) is -0.0200. The first kappa shape index (κ1) is 26.9. The van der Waals surface area contributed by atoms with Gasteiger partial charge >= 0.3 is 6.18 Å². The Morgan fingerprint density at radius 2 is 1.82 bits per heavy atom. The van der Waals surface area contributed by atoms with E-state index in [1.165, 1.54) is 12.1 Å². The maximum Gasteiger partial charge on any atom is 0.416 e. The van der Waals surface area contributed by atoms with Gasteiger partial charge in [0.2, 0.25) is 0 Å². The largest absolute Gasteiger partial charge is 0.416 e. The van der Waals surface area contributed by atoms with Gasteiger partial charge in [-0.1, -0.05) is 12.1 Å². The van der Waals surface area contributed by atoms with Crippen LogP contribution in [0.25, 0.3) is 22.0 Å². The first-order valence-electron chi connectivity index (χ1n) is 11.9. The Bertz CT molecular complexity index is 1560. The smallest absolute Gasteiger partial charge is 0.369 e. The third kappa shape index (κ3) is 5.86. The van der Waals surface area contributed by atoms with Gasteiger partial charge in [0, 0.05) is 54.6 Å². The van der Waals surface area contributed by atoms with Crippen molar-refractivity contribution >= 4 is 28.3 Å². The quantitative estimate of drug-likeness (QED) is 0.350. The molecule has 2 heterocycles. The summed E-state index contributed by atoms with van der Waals surface area (Å²) in [7, 11) is 5.65. The zero-order valence-electron chi connectivity index (χ0n) is 21.5. The van der Waals surface area contributed by atoms with E-state index in [0.29, 0.717) is 34.7 Å². The third-order valence-electron chi connectivity index (χ3n) is 6.21. The number of hydrogen-bond donors (Lipinski definition) is 2. The number of rotatable bonds is 7. The van der Waals surface area contributed by atoms with Crippen molar-refractivity contribution in [3.63, 3.8) is 0 Å². The number of pyridine rings is 2. The van der Waals surface area contributed by atoms with Gasteiger partial charge in [-0.15, -0.1) is 0 Å². The van der Waals surface area contributed by atoms with E-state index < -0.39 is 17.6 Å². The van der Waals surface area contributed by atoms with Gasteiger partial charge in [0.1, 0.15) is 5.82 Å². The number of likely N-dealkylation sites (N-methyl/N-ethyl adjacent to an activating group) is 1. The molecule has 0 aliphatic rings. The molecular formula is C28H28F3N5O2. The Balaban J connectivity index is 1.65. The molecule has 0 aliphatic carbocycles. The molecule has 0 unspecified atom stereocenters. The van der Waals surface area contributed by atoms with E-state index in [1.54, 1.807) is 42.1 Å². The molecule has 2 aromatic heterocycles. The number of aryl methyl sites for hydroxylation is 2. The van der Waals surface area contributed by atoms with Crippen LogP contribution in [0.2, 0.25) is 0 Å². The number of nitrogens with one attached hydrogen (secondary N) is 2. The summed E-state index contributed by atoms with van der Waals surface area (Å²) in [5.41, 5.74) is 1.64. The summed E-state index contributed by atoms with van der Waals surface area (Å²) in [6, 6.07) is 12.8. The topological polar surface area (TPSA) is 79.3 Å². The lowest BCUT2D eigenvalue weighted by atomic mass is 9.99. The lowest BCUT2D eigenvalue weighted by molar-refractivity contribution is -0.137. The highest BCUT2D eigenvalue weighted by Gasteiger charge is 2.31. The second-order valence-corrected chi connectivity index (χ2v) is 9.34. The Kier molecular flexibility index (Phi) is 7.54. The summed E-state index contributed by atoms with van der Waals surface area (Å²) in [6.07, 6.45) is -2.85. The van der Waals surface area contributed by atoms with Crippen molar-refractivity contribution in [2.75, 3.05) is 37.8 Å². The van der Waals surface area contributed by atoms with Crippen LogP contribution in [0, 0.1) is 6.92 Å². The van der Waals surface area contributed by atoms with E-state index in [4.69, 9.17) is 0 Å². The molecule has 2 N–H and O–H groups in total. The van der Waals surface area contributed by atoms with Crippen molar-refractivity contribution in [1.29, 1.82) is 0 Å². The number of nitrogens with zero attached hydrogens (tertiary/aromatic N) is 3. The van der Waals surface area contributed by atoms with Gasteiger partial charge in [-0.3, -0.25) is 9.59 Å². The van der Waals surface area contributed by atoms with Crippen molar-refractivity contribution in [2.24, 2.45) is 7.05 Å². The van der Waals surface area contributed by atoms with Crippen LogP contribution in [0.5, 0.6) is 0 Å². The first-order chi connectivity index (χ1) is 17.9. The molecule has 2 aromatic carbocycles. The number of aromatic nitrogens is 2. The van der Waals surface area contributed by atoms with E-state index >= 15 is 0 Å². The summed E-state index contributed by atoms with van der Waals surface area (Å²) >= 11 is 0. The number of halogens is 3. The average molecular weight is 524 g/mol. The molecule has 0 saturated heterocycles. The predicted octanol–water partition coefficient (Wildman–Crippen LogP) is 5.15. The molecule has 0 bridgehead atoms. The zero-order valence-corrected chi connectivity index (χ0v) is 21.5. The Morgan fingerprint density at radius 3 is 2.53 bits per heavy atom. The monoisotopic (exact) mass is 523 g/mol. The predicted molar refractivity (Wildman–Crippen MR) is 144 cm³/mol. The van der Waals surface area contributed by atoms with Crippen LogP contribution in [0.15, 0.2) is 65.6 Å². The summed E-state index contributed by atoms with van der Waals surface area (Å²) in [5, 5.41) is 6.65. The van der Waals surface area contributed by atoms with E-state index in [0.717, 1.165) is 29.6 Å². The van der Waals surface area contributed by atoms with Crippen LogP contribution in [-0.4, -0.2) is 47.5 Å². The second-order valence-electron chi connectivity index (χ2n) is 9.34. The van der Waals surface area contributed by atoms with Gasteiger partial charge < -0.3 is 20.1 Å². The normalized spacial score (nSPS) is 11.7. The molecule has 4 rings (SSSR count). The molecule has 198 valence electrons. The minimum absolute atomic E-state index is 0.121. The fraction of sp³-hybridized carbons (Fsp3) is 0.250. The molecule has 4 aromatic rings. The number of carbonyl (C=O) groups excluding carboxylic acids is 1. The first-order valence-corrected chi connectivity index (χ1v) is 11.9. The SMILES string of the molecule is Cc1ccc(NC(=O)c2cccc(C(F)(F)F)c2)cc1-c1cc2cnc(NCCN(C)C)cc2n(C)c1=O. The summed E-state index contributed by atoms with van der Waals surface area (Å²) in [6.45, 7) is 3.38. The van der Waals surface area contributed by atoms with Gasteiger partial charge in [-0.2, -0.15) is 13.2 Å². The fourth-order valence-electron chi connectivity index (χ4n) is 4.09. The van der Waals surface area contributed by atoms with Crippen LogP contribution in [0.4, 0.5) is 24.7 Å². The van der Waals surface area contributed by atoms with Crippen molar-refractivity contribution in [3.05, 3.63) is 87.8 Å². The molecule has 0 spiro atoms. The number of alkyl halides is 3. The minimum atomic E-state index is -4.55. The van der Waals surface area contributed by atoms with Crippen molar-refractivity contribution in [3.8, 4) is 11.1 Å². The van der Waals surface area contributed by atoms with E-state index in [2.05, 4.69) is 20.5 Å². The van der Waals surface area contributed by atoms with Crippen molar-refractivity contribution in [2.45, 2.75) is 13.1 Å². The van der Waals surface area contributed by atoms with Gasteiger partial charge in [0.15, 0.2) is 0 Å². The maximum atomic E-state index is 13.4. The Hall–Kier alpha value is -4.18. The lowest BCUT2D eigenvalue weighted by Crippen LogP contribution is -2.22. The van der Waals surface area contributed by atoms with Crippen LogP contribution in [0.3, 0.4) is 0 Å². The van der Waals surface area contributed by atoms with Gasteiger partial charge in [-0.05, 0) is 68.5 Å². The highest BCUT2D eigenvalue weighted by Crippen LogP contribution is 2.30. The number of amides is 1. The van der Waals surface area contributed by atoms with Crippen LogP contribution >= 0.6 is 0 Å². The van der Waals surface area contributed by atoms with E-state index in [9.17, 15) is 22.8 Å². The molecule has 10 heteroatoms. The number of carbonyl (C=O) groups is 1. The number of benzene rings is 2. The second kappa shape index (κ2) is 10.7. The van der Waals surface area contributed by atoms with Gasteiger partial charge in [-0.25, -0.2) is 4.98 Å². The third-order valence-corrected chi connectivity index (χ3v) is 6.21. The summed E-state index contributed by atoms with van der Waals surface area (Å²) in [4.78, 5) is 32.6. The highest BCUT2D eigenvalue weighted by molar-refractivity contribution is 6.04. The lowest BCUT2D eigenvalue weighted by Gasteiger charge is -2.15. The van der Waals surface area contributed by atoms with Crippen LogP contribution in [0.1, 0.15) is 21.5 Å². The molecule has 38 heavy (non-hydrogen) atoms. The van der Waals surface area contributed by atoms with Crippen LogP contribution in [-0.2, 0) is 13.2 Å². The number of anilines is 2. The highest BCUT2D eigenvalue weighted by atomic mass is 19.4. The average Bonchev–Trinajstić information content (AvgIpc) is 2.87. The van der Waals surface area contributed by atoms with Crippen molar-refractivity contribution < 1.29 is 18.0 Å². The molecule has 0 saturated carbocycles. The number of hydrogen-bond acceptors (Lipinski definition) is 5. The van der Waals surface area contributed by atoms with E-state index in [1.807, 2.05) is 27.1 Å². The standard InChI is InChI=1S/C28H28F3N5O2/c1-17-8-9-21(34-26(37)18-6-5-7-20(12-18)28(29,30)31)14-22(17)23-13-19-16-33-25(32-10-11-35(2)3)15-24(19)36(4)27(23)38/h5-9,12-16H,10-11H2,1-4H3,(H,32,33)(H,34,37). The summed E-state index contributed by atoms with van der Waals surface area (Å²) < 4.78 is 40.7. The maximum absolute atomic E-state index is 13.4. The molecule has 0 atom stereocenters. The van der Waals surface area contributed by atoms with Gasteiger partial charge in [0.05, 0.1) is 11.1 Å². The number of fused-ring (bicyclic) bond motifs is 1. The molecule has 0 fully saturated rings. The zero-order chi connectivity index (χ0) is 27.6. The molecular weight excluding hydrogens is 495 g/mol.